The fraction of sp³-hybridized carbons (Fsp3) is 0.353. The largest absolute Gasteiger partial charge is 0.494 e. The van der Waals surface area contributed by atoms with Crippen LogP contribution >= 0.6 is 35.3 Å². The number of aliphatic imine (C=N–C) groups is 1. The third-order valence-electron chi connectivity index (χ3n) is 3.04. The smallest absolute Gasteiger partial charge is 0.191 e. The van der Waals surface area contributed by atoms with E-state index in [1.807, 2.05) is 6.92 Å². The molecule has 2 aromatic rings. The van der Waals surface area contributed by atoms with E-state index in [-0.39, 0.29) is 29.8 Å². The van der Waals surface area contributed by atoms with Gasteiger partial charge >= 0.3 is 0 Å². The Morgan fingerprint density at radius 1 is 1.21 bits per heavy atom. The van der Waals surface area contributed by atoms with Crippen LogP contribution in [0.4, 0.5) is 4.39 Å². The first kappa shape index (κ1) is 20.7. The van der Waals surface area contributed by atoms with Crippen molar-refractivity contribution in [1.29, 1.82) is 0 Å². The summed E-state index contributed by atoms with van der Waals surface area (Å²) < 4.78 is 18.3. The van der Waals surface area contributed by atoms with Crippen molar-refractivity contribution < 1.29 is 9.13 Å². The monoisotopic (exact) mass is 463 g/mol. The van der Waals surface area contributed by atoms with Crippen molar-refractivity contribution in [2.24, 2.45) is 4.99 Å². The lowest BCUT2D eigenvalue weighted by Gasteiger charge is -2.11. The maximum absolute atomic E-state index is 12.8. The molecule has 0 amide bonds. The molecule has 2 rings (SSSR count). The minimum absolute atomic E-state index is 0. The SMILES string of the molecule is CCNC(=NCc1ccsc1)NCCCOc1ccc(F)cc1.I. The Morgan fingerprint density at radius 3 is 2.67 bits per heavy atom. The number of ether oxygens (including phenoxy) is 1. The molecule has 0 saturated carbocycles. The van der Waals surface area contributed by atoms with E-state index >= 15 is 0 Å². The van der Waals surface area contributed by atoms with Gasteiger partial charge in [-0.2, -0.15) is 11.3 Å². The first-order valence-corrected chi connectivity index (χ1v) is 8.64. The Balaban J connectivity index is 0.00000288. The molecule has 1 aromatic carbocycles. The molecule has 7 heteroatoms. The zero-order chi connectivity index (χ0) is 16.3. The number of rotatable bonds is 8. The summed E-state index contributed by atoms with van der Waals surface area (Å²) in [5.74, 6) is 1.24. The highest BCUT2D eigenvalue weighted by molar-refractivity contribution is 14.0. The fourth-order valence-corrected chi connectivity index (χ4v) is 2.55. The van der Waals surface area contributed by atoms with E-state index in [0.29, 0.717) is 18.9 Å². The number of nitrogens with one attached hydrogen (secondary N) is 2. The molecule has 0 unspecified atom stereocenters. The Bertz CT molecular complexity index is 590. The molecule has 0 atom stereocenters. The Morgan fingerprint density at radius 2 is 2.00 bits per heavy atom. The van der Waals surface area contributed by atoms with Crippen molar-refractivity contribution in [2.45, 2.75) is 19.9 Å². The van der Waals surface area contributed by atoms with Crippen LogP contribution in [0.5, 0.6) is 5.75 Å². The van der Waals surface area contributed by atoms with E-state index < -0.39 is 0 Å². The van der Waals surface area contributed by atoms with Gasteiger partial charge in [-0.05, 0) is 60.0 Å². The van der Waals surface area contributed by atoms with Gasteiger partial charge in [0.15, 0.2) is 5.96 Å². The van der Waals surface area contributed by atoms with E-state index in [1.165, 1.54) is 17.7 Å². The minimum atomic E-state index is -0.254. The molecular formula is C17H23FIN3OS. The first-order chi connectivity index (χ1) is 11.3. The van der Waals surface area contributed by atoms with Gasteiger partial charge in [0.25, 0.3) is 0 Å². The fourth-order valence-electron chi connectivity index (χ4n) is 1.89. The maximum Gasteiger partial charge on any atom is 0.191 e. The molecule has 0 fully saturated rings. The van der Waals surface area contributed by atoms with Crippen LogP contribution in [-0.4, -0.2) is 25.7 Å². The summed E-state index contributed by atoms with van der Waals surface area (Å²) in [6, 6.07) is 8.14. The molecule has 0 aliphatic rings. The lowest BCUT2D eigenvalue weighted by Crippen LogP contribution is -2.38. The molecule has 1 heterocycles. The van der Waals surface area contributed by atoms with Gasteiger partial charge in [-0.15, -0.1) is 24.0 Å². The van der Waals surface area contributed by atoms with E-state index in [9.17, 15) is 4.39 Å². The van der Waals surface area contributed by atoms with Crippen molar-refractivity contribution in [3.05, 3.63) is 52.5 Å². The molecule has 0 saturated heterocycles. The summed E-state index contributed by atoms with van der Waals surface area (Å²) in [5, 5.41) is 10.7. The van der Waals surface area contributed by atoms with E-state index in [0.717, 1.165) is 25.5 Å². The number of guanidine groups is 1. The highest BCUT2D eigenvalue weighted by Crippen LogP contribution is 2.11. The van der Waals surface area contributed by atoms with Crippen LogP contribution in [0.25, 0.3) is 0 Å². The van der Waals surface area contributed by atoms with Crippen LogP contribution in [0.15, 0.2) is 46.1 Å². The summed E-state index contributed by atoms with van der Waals surface area (Å²) >= 11 is 1.68. The van der Waals surface area contributed by atoms with Crippen LogP contribution in [0, 0.1) is 5.82 Å². The third-order valence-corrected chi connectivity index (χ3v) is 3.77. The Labute approximate surface area is 163 Å². The lowest BCUT2D eigenvalue weighted by molar-refractivity contribution is 0.310. The highest BCUT2D eigenvalue weighted by Gasteiger charge is 1.99. The van der Waals surface area contributed by atoms with Gasteiger partial charge in [-0.1, -0.05) is 0 Å². The van der Waals surface area contributed by atoms with Crippen molar-refractivity contribution in [3.63, 3.8) is 0 Å². The molecule has 1 aromatic heterocycles. The summed E-state index contributed by atoms with van der Waals surface area (Å²) in [6.45, 7) is 4.87. The van der Waals surface area contributed by atoms with Gasteiger partial charge in [0.05, 0.1) is 13.2 Å². The van der Waals surface area contributed by atoms with Crippen LogP contribution in [0.1, 0.15) is 18.9 Å². The topological polar surface area (TPSA) is 45.7 Å². The van der Waals surface area contributed by atoms with Gasteiger partial charge < -0.3 is 15.4 Å². The Kier molecular flexibility index (Phi) is 10.4. The lowest BCUT2D eigenvalue weighted by atomic mass is 10.3. The number of thiophene rings is 1. The van der Waals surface area contributed by atoms with Crippen LogP contribution in [0.3, 0.4) is 0 Å². The molecule has 0 radical (unpaired) electrons. The normalized spacial score (nSPS) is 10.8. The number of halogens is 2. The van der Waals surface area contributed by atoms with E-state index in [1.54, 1.807) is 23.5 Å². The van der Waals surface area contributed by atoms with Gasteiger partial charge in [0.2, 0.25) is 0 Å². The van der Waals surface area contributed by atoms with Gasteiger partial charge in [0.1, 0.15) is 11.6 Å². The van der Waals surface area contributed by atoms with E-state index in [4.69, 9.17) is 4.74 Å². The van der Waals surface area contributed by atoms with Crippen LogP contribution in [-0.2, 0) is 6.54 Å². The summed E-state index contributed by atoms with van der Waals surface area (Å²) in [6.07, 6.45) is 0.834. The van der Waals surface area contributed by atoms with Gasteiger partial charge in [-0.25, -0.2) is 9.38 Å². The van der Waals surface area contributed by atoms with Gasteiger partial charge in [-0.3, -0.25) is 0 Å². The van der Waals surface area contributed by atoms with Crippen molar-refractivity contribution in [2.75, 3.05) is 19.7 Å². The number of nitrogens with zero attached hydrogens (tertiary/aromatic N) is 1. The molecular weight excluding hydrogens is 440 g/mol. The van der Waals surface area contributed by atoms with E-state index in [2.05, 4.69) is 32.5 Å². The van der Waals surface area contributed by atoms with Crippen molar-refractivity contribution >= 4 is 41.3 Å². The molecule has 132 valence electrons. The quantitative estimate of drug-likeness (QED) is 0.269. The standard InChI is InChI=1S/C17H22FN3OS.HI/c1-2-19-17(21-12-14-8-11-23-13-14)20-9-3-10-22-16-6-4-15(18)5-7-16;/h4-8,11,13H,2-3,9-10,12H2,1H3,(H2,19,20,21);1H. The third kappa shape index (κ3) is 7.96. The molecule has 0 bridgehead atoms. The van der Waals surface area contributed by atoms with Crippen LogP contribution in [0.2, 0.25) is 0 Å². The van der Waals surface area contributed by atoms with Crippen molar-refractivity contribution in [1.82, 2.24) is 10.6 Å². The van der Waals surface area contributed by atoms with Crippen LogP contribution < -0.4 is 15.4 Å². The summed E-state index contributed by atoms with van der Waals surface area (Å²) in [4.78, 5) is 4.54. The molecule has 2 N–H and O–H groups in total. The molecule has 0 spiro atoms. The molecule has 0 aliphatic heterocycles. The molecule has 24 heavy (non-hydrogen) atoms. The van der Waals surface area contributed by atoms with Crippen molar-refractivity contribution in [3.8, 4) is 5.75 Å². The number of hydrogen-bond donors (Lipinski definition) is 2. The zero-order valence-electron chi connectivity index (χ0n) is 13.6. The second-order valence-electron chi connectivity index (χ2n) is 4.91. The predicted molar refractivity (Wildman–Crippen MR) is 109 cm³/mol. The second-order valence-corrected chi connectivity index (χ2v) is 5.69. The average Bonchev–Trinajstić information content (AvgIpc) is 3.07. The number of hydrogen-bond acceptors (Lipinski definition) is 3. The average molecular weight is 463 g/mol. The predicted octanol–water partition coefficient (Wildman–Crippen LogP) is 4.03. The molecule has 4 nitrogen and oxygen atoms in total. The minimum Gasteiger partial charge on any atom is -0.494 e. The highest BCUT2D eigenvalue weighted by atomic mass is 127. The zero-order valence-corrected chi connectivity index (χ0v) is 16.8. The maximum atomic E-state index is 12.8. The van der Waals surface area contributed by atoms with Gasteiger partial charge in [0, 0.05) is 13.1 Å². The molecule has 0 aliphatic carbocycles. The number of benzene rings is 1. The first-order valence-electron chi connectivity index (χ1n) is 7.69. The summed E-state index contributed by atoms with van der Waals surface area (Å²) in [7, 11) is 0. The summed E-state index contributed by atoms with van der Waals surface area (Å²) in [5.41, 5.74) is 1.21. The second kappa shape index (κ2) is 12.1. The Hall–Kier alpha value is -1.35.